The summed E-state index contributed by atoms with van der Waals surface area (Å²) in [5.41, 5.74) is 2.44. The van der Waals surface area contributed by atoms with E-state index < -0.39 is 0 Å². The summed E-state index contributed by atoms with van der Waals surface area (Å²) in [6.45, 7) is 12.5. The maximum atomic E-state index is 11.7. The van der Waals surface area contributed by atoms with Gasteiger partial charge in [0, 0.05) is 0 Å². The minimum absolute atomic E-state index is 0.219. The summed E-state index contributed by atoms with van der Waals surface area (Å²) in [4.78, 5) is 11.7. The third-order valence-electron chi connectivity index (χ3n) is 4.95. The molecule has 132 valence electrons. The van der Waals surface area contributed by atoms with Crippen molar-refractivity contribution in [1.29, 1.82) is 0 Å². The van der Waals surface area contributed by atoms with Crippen LogP contribution in [0.15, 0.2) is 18.2 Å². The minimum atomic E-state index is -0.381. The zero-order valence-corrected chi connectivity index (χ0v) is 15.9. The molecule has 0 radical (unpaired) electrons. The van der Waals surface area contributed by atoms with E-state index in [2.05, 4.69) is 19.9 Å². The van der Waals surface area contributed by atoms with Gasteiger partial charge in [-0.25, -0.2) is 0 Å². The first-order valence-electron chi connectivity index (χ1n) is 8.60. The fourth-order valence-corrected chi connectivity index (χ4v) is 2.80. The second-order valence-corrected chi connectivity index (χ2v) is 7.97. The molecule has 24 heavy (non-hydrogen) atoms. The van der Waals surface area contributed by atoms with Gasteiger partial charge in [-0.05, 0) is 56.6 Å². The maximum Gasteiger partial charge on any atom is 0.494 e. The highest BCUT2D eigenvalue weighted by Crippen LogP contribution is 2.36. The lowest BCUT2D eigenvalue weighted by atomic mass is 9.76. The normalized spacial score (nSPS) is 18.9. The van der Waals surface area contributed by atoms with Crippen molar-refractivity contribution in [3.63, 3.8) is 0 Å². The summed E-state index contributed by atoms with van der Waals surface area (Å²) in [7, 11) is 1.04. The monoisotopic (exact) mass is 332 g/mol. The van der Waals surface area contributed by atoms with Crippen LogP contribution in [0, 0.1) is 5.92 Å². The lowest BCUT2D eigenvalue weighted by molar-refractivity contribution is -0.139. The Morgan fingerprint density at radius 3 is 2.21 bits per heavy atom. The molecule has 1 aliphatic rings. The molecule has 0 spiro atoms. The molecule has 0 unspecified atom stereocenters. The molecule has 0 aliphatic carbocycles. The van der Waals surface area contributed by atoms with Crippen molar-refractivity contribution < 1.29 is 18.8 Å². The lowest BCUT2D eigenvalue weighted by Gasteiger charge is -2.32. The Kier molecular flexibility index (Phi) is 5.45. The molecule has 0 atom stereocenters. The van der Waals surface area contributed by atoms with Gasteiger partial charge in [-0.2, -0.15) is 0 Å². The van der Waals surface area contributed by atoms with E-state index in [4.69, 9.17) is 14.0 Å². The first-order chi connectivity index (χ1) is 11.1. The Labute approximate surface area is 146 Å². The zero-order chi connectivity index (χ0) is 18.1. The highest BCUT2D eigenvalue weighted by atomic mass is 16.7. The van der Waals surface area contributed by atoms with Crippen LogP contribution < -0.4 is 5.46 Å². The van der Waals surface area contributed by atoms with Gasteiger partial charge >= 0.3 is 13.1 Å². The van der Waals surface area contributed by atoms with E-state index in [0.29, 0.717) is 12.3 Å². The average molecular weight is 332 g/mol. The fraction of sp³-hybridized carbons (Fsp3) is 0.632. The molecule has 0 saturated carbocycles. The van der Waals surface area contributed by atoms with Crippen molar-refractivity contribution in [2.45, 2.75) is 65.6 Å². The van der Waals surface area contributed by atoms with Crippen LogP contribution in [0.25, 0.3) is 0 Å². The van der Waals surface area contributed by atoms with Gasteiger partial charge in [-0.1, -0.05) is 32.0 Å². The smallest absolute Gasteiger partial charge is 0.469 e. The van der Waals surface area contributed by atoms with Crippen molar-refractivity contribution in [3.05, 3.63) is 29.3 Å². The van der Waals surface area contributed by atoms with Gasteiger partial charge in [0.15, 0.2) is 0 Å². The first kappa shape index (κ1) is 19.0. The predicted molar refractivity (Wildman–Crippen MR) is 96.4 cm³/mol. The van der Waals surface area contributed by atoms with Gasteiger partial charge < -0.3 is 14.0 Å². The molecule has 5 heteroatoms. The molecule has 0 N–H and O–H groups in total. The number of carbonyl (C=O) groups is 1. The van der Waals surface area contributed by atoms with Crippen molar-refractivity contribution in [2.75, 3.05) is 7.11 Å². The molecular formula is C19H29BO4. The van der Waals surface area contributed by atoms with Crippen molar-refractivity contribution in [2.24, 2.45) is 5.92 Å². The van der Waals surface area contributed by atoms with Crippen LogP contribution >= 0.6 is 0 Å². The number of benzene rings is 1. The van der Waals surface area contributed by atoms with E-state index in [0.717, 1.165) is 23.0 Å². The highest BCUT2D eigenvalue weighted by molar-refractivity contribution is 6.62. The zero-order valence-electron chi connectivity index (χ0n) is 15.9. The van der Waals surface area contributed by atoms with Crippen molar-refractivity contribution in [3.8, 4) is 0 Å². The van der Waals surface area contributed by atoms with Gasteiger partial charge in [-0.15, -0.1) is 0 Å². The van der Waals surface area contributed by atoms with Crippen LogP contribution in [0.3, 0.4) is 0 Å². The Morgan fingerprint density at radius 1 is 1.12 bits per heavy atom. The molecule has 1 saturated heterocycles. The third kappa shape index (κ3) is 4.01. The molecule has 0 amide bonds. The molecule has 1 fully saturated rings. The molecule has 1 heterocycles. The van der Waals surface area contributed by atoms with Crippen LogP contribution in [0.4, 0.5) is 0 Å². The van der Waals surface area contributed by atoms with Crippen LogP contribution in [0.1, 0.15) is 52.7 Å². The first-order valence-corrected chi connectivity index (χ1v) is 8.60. The Balaban J connectivity index is 2.31. The van der Waals surface area contributed by atoms with Crippen LogP contribution in [-0.4, -0.2) is 31.4 Å². The van der Waals surface area contributed by atoms with Gasteiger partial charge in [0.25, 0.3) is 0 Å². The molecule has 1 aromatic rings. The van der Waals surface area contributed by atoms with Gasteiger partial charge in [0.2, 0.25) is 0 Å². The summed E-state index contributed by atoms with van der Waals surface area (Å²) in [5, 5.41) is 0. The largest absolute Gasteiger partial charge is 0.494 e. The average Bonchev–Trinajstić information content (AvgIpc) is 2.68. The number of carbonyl (C=O) groups excluding carboxylic acids is 1. The van der Waals surface area contributed by atoms with E-state index in [9.17, 15) is 4.79 Å². The standard InChI is InChI=1S/C19H29BO4/c1-13(2)10-15-11-16(9-8-14(15)12-17(21)22-7)20-23-18(3,4)19(5,6)24-20/h8-9,11,13H,10,12H2,1-7H3. The number of ether oxygens (including phenoxy) is 1. The van der Waals surface area contributed by atoms with Crippen LogP contribution in [0.5, 0.6) is 0 Å². The van der Waals surface area contributed by atoms with E-state index in [1.165, 1.54) is 7.11 Å². The van der Waals surface area contributed by atoms with Gasteiger partial charge in [0.05, 0.1) is 24.7 Å². The second kappa shape index (κ2) is 6.89. The number of hydrogen-bond donors (Lipinski definition) is 0. The van der Waals surface area contributed by atoms with Gasteiger partial charge in [0.1, 0.15) is 0 Å². The number of hydrogen-bond acceptors (Lipinski definition) is 4. The predicted octanol–water partition coefficient (Wildman–Crippen LogP) is 2.90. The van der Waals surface area contributed by atoms with E-state index in [1.54, 1.807) is 0 Å². The Morgan fingerprint density at radius 2 is 1.71 bits per heavy atom. The molecule has 1 aliphatic heterocycles. The summed E-state index contributed by atoms with van der Waals surface area (Å²) < 4.78 is 17.1. The fourth-order valence-electron chi connectivity index (χ4n) is 2.80. The molecule has 4 nitrogen and oxygen atoms in total. The quantitative estimate of drug-likeness (QED) is 0.614. The number of esters is 1. The summed E-state index contributed by atoms with van der Waals surface area (Å²) >= 11 is 0. The van der Waals surface area contributed by atoms with E-state index in [1.807, 2.05) is 39.8 Å². The minimum Gasteiger partial charge on any atom is -0.469 e. The second-order valence-electron chi connectivity index (χ2n) is 7.97. The van der Waals surface area contributed by atoms with Crippen LogP contribution in [0.2, 0.25) is 0 Å². The van der Waals surface area contributed by atoms with Crippen molar-refractivity contribution >= 4 is 18.6 Å². The molecule has 0 bridgehead atoms. The molecule has 2 rings (SSSR count). The SMILES string of the molecule is COC(=O)Cc1ccc(B2OC(C)(C)C(C)(C)O2)cc1CC(C)C. The number of rotatable bonds is 5. The summed E-state index contributed by atoms with van der Waals surface area (Å²) in [6, 6.07) is 6.10. The summed E-state index contributed by atoms with van der Waals surface area (Å²) in [5.74, 6) is 0.276. The molecule has 1 aromatic carbocycles. The van der Waals surface area contributed by atoms with Crippen molar-refractivity contribution in [1.82, 2.24) is 0 Å². The Hall–Kier alpha value is -1.33. The molecule has 0 aromatic heterocycles. The van der Waals surface area contributed by atoms with E-state index in [-0.39, 0.29) is 24.3 Å². The Bertz CT molecular complexity index is 591. The lowest BCUT2D eigenvalue weighted by Crippen LogP contribution is -2.41. The topological polar surface area (TPSA) is 44.8 Å². The third-order valence-corrected chi connectivity index (χ3v) is 4.95. The maximum absolute atomic E-state index is 11.7. The van der Waals surface area contributed by atoms with E-state index >= 15 is 0 Å². The molecular weight excluding hydrogens is 303 g/mol. The summed E-state index contributed by atoms with van der Waals surface area (Å²) in [6.07, 6.45) is 1.20. The van der Waals surface area contributed by atoms with Crippen LogP contribution in [-0.2, 0) is 31.7 Å². The highest BCUT2D eigenvalue weighted by Gasteiger charge is 2.51. The number of methoxy groups -OCH3 is 1. The van der Waals surface area contributed by atoms with Gasteiger partial charge in [-0.3, -0.25) is 4.79 Å².